The number of benzene rings is 1. The molecule has 4 rings (SSSR count). The summed E-state index contributed by atoms with van der Waals surface area (Å²) in [6.45, 7) is 5.44. The van der Waals surface area contributed by atoms with Crippen molar-refractivity contribution in [1.82, 2.24) is 14.5 Å². The third-order valence-corrected chi connectivity index (χ3v) is 5.20. The minimum absolute atomic E-state index is 0.228. The lowest BCUT2D eigenvalue weighted by molar-refractivity contribution is 0.173. The molecule has 0 spiro atoms. The first kappa shape index (κ1) is 17.8. The van der Waals surface area contributed by atoms with E-state index in [0.29, 0.717) is 6.61 Å². The van der Waals surface area contributed by atoms with Crippen LogP contribution in [0.4, 0.5) is 5.82 Å². The highest BCUT2D eigenvalue weighted by Crippen LogP contribution is 2.30. The molecule has 3 aromatic rings. The van der Waals surface area contributed by atoms with Crippen LogP contribution in [-0.4, -0.2) is 47.4 Å². The lowest BCUT2D eigenvalue weighted by Crippen LogP contribution is -2.39. The SMILES string of the molecule is COCCn1ccc2c(OC3CCN(c4nccnc4C)CC3)cccc21. The van der Waals surface area contributed by atoms with E-state index in [2.05, 4.69) is 49.9 Å². The van der Waals surface area contributed by atoms with Gasteiger partial charge in [0.1, 0.15) is 17.7 Å². The van der Waals surface area contributed by atoms with E-state index in [9.17, 15) is 0 Å². The Morgan fingerprint density at radius 1 is 1.11 bits per heavy atom. The monoisotopic (exact) mass is 366 g/mol. The molecule has 3 heterocycles. The summed E-state index contributed by atoms with van der Waals surface area (Å²) < 4.78 is 13.8. The highest BCUT2D eigenvalue weighted by atomic mass is 16.5. The van der Waals surface area contributed by atoms with Gasteiger partial charge in [0.15, 0.2) is 0 Å². The van der Waals surface area contributed by atoms with Crippen molar-refractivity contribution in [3.8, 4) is 5.75 Å². The standard InChI is InChI=1S/C21H26N4O2/c1-16-21(23-10-9-22-16)25-11-6-17(7-12-25)27-20-5-3-4-19-18(20)8-13-24(19)14-15-26-2/h3-5,8-10,13,17H,6-7,11-12,14-15H2,1-2H3. The molecule has 142 valence electrons. The van der Waals surface area contributed by atoms with Crippen molar-refractivity contribution in [2.24, 2.45) is 0 Å². The number of methoxy groups -OCH3 is 1. The van der Waals surface area contributed by atoms with Gasteiger partial charge in [0.2, 0.25) is 0 Å². The lowest BCUT2D eigenvalue weighted by Gasteiger charge is -2.33. The van der Waals surface area contributed by atoms with Crippen LogP contribution in [-0.2, 0) is 11.3 Å². The first-order valence-electron chi connectivity index (χ1n) is 9.52. The van der Waals surface area contributed by atoms with Crippen molar-refractivity contribution in [2.75, 3.05) is 31.7 Å². The highest BCUT2D eigenvalue weighted by molar-refractivity contribution is 5.86. The summed E-state index contributed by atoms with van der Waals surface area (Å²) in [6.07, 6.45) is 7.81. The zero-order valence-electron chi connectivity index (χ0n) is 16.0. The molecule has 1 aliphatic heterocycles. The number of fused-ring (bicyclic) bond motifs is 1. The summed E-state index contributed by atoms with van der Waals surface area (Å²) in [5, 5.41) is 1.17. The summed E-state index contributed by atoms with van der Waals surface area (Å²) >= 11 is 0. The van der Waals surface area contributed by atoms with E-state index in [1.807, 2.05) is 6.92 Å². The molecule has 0 saturated carbocycles. The van der Waals surface area contributed by atoms with Crippen LogP contribution in [0.5, 0.6) is 5.75 Å². The molecule has 0 aliphatic carbocycles. The van der Waals surface area contributed by atoms with E-state index in [1.54, 1.807) is 19.5 Å². The van der Waals surface area contributed by atoms with E-state index >= 15 is 0 Å². The van der Waals surface area contributed by atoms with Gasteiger partial charge in [-0.1, -0.05) is 6.07 Å². The fourth-order valence-electron chi connectivity index (χ4n) is 3.76. The molecule has 6 nitrogen and oxygen atoms in total. The molecular weight excluding hydrogens is 340 g/mol. The number of piperidine rings is 1. The highest BCUT2D eigenvalue weighted by Gasteiger charge is 2.23. The van der Waals surface area contributed by atoms with Gasteiger partial charge in [-0.15, -0.1) is 0 Å². The van der Waals surface area contributed by atoms with Crippen LogP contribution in [0.1, 0.15) is 18.5 Å². The van der Waals surface area contributed by atoms with Crippen molar-refractivity contribution in [2.45, 2.75) is 32.4 Å². The zero-order valence-corrected chi connectivity index (χ0v) is 16.0. The quantitative estimate of drug-likeness (QED) is 0.669. The molecule has 6 heteroatoms. The number of rotatable bonds is 6. The lowest BCUT2D eigenvalue weighted by atomic mass is 10.1. The van der Waals surface area contributed by atoms with Crippen molar-refractivity contribution >= 4 is 16.7 Å². The molecule has 0 amide bonds. The molecule has 1 aliphatic rings. The summed E-state index contributed by atoms with van der Waals surface area (Å²) in [5.41, 5.74) is 2.18. The van der Waals surface area contributed by atoms with E-state index in [-0.39, 0.29) is 6.10 Å². The maximum Gasteiger partial charge on any atom is 0.150 e. The summed E-state index contributed by atoms with van der Waals surface area (Å²) in [7, 11) is 1.73. The third-order valence-electron chi connectivity index (χ3n) is 5.20. The fourth-order valence-corrected chi connectivity index (χ4v) is 3.76. The second kappa shape index (κ2) is 7.96. The largest absolute Gasteiger partial charge is 0.490 e. The molecule has 1 aromatic carbocycles. The Kier molecular flexibility index (Phi) is 5.25. The van der Waals surface area contributed by atoms with E-state index in [1.165, 1.54) is 10.9 Å². The summed E-state index contributed by atoms with van der Waals surface area (Å²) in [4.78, 5) is 11.2. The van der Waals surface area contributed by atoms with Gasteiger partial charge < -0.3 is 18.9 Å². The van der Waals surface area contributed by atoms with E-state index in [0.717, 1.165) is 49.7 Å². The normalized spacial score (nSPS) is 15.4. The van der Waals surface area contributed by atoms with Gasteiger partial charge in [-0.05, 0) is 25.1 Å². The van der Waals surface area contributed by atoms with Crippen LogP contribution in [0.2, 0.25) is 0 Å². The predicted molar refractivity (Wildman–Crippen MR) is 106 cm³/mol. The number of anilines is 1. The van der Waals surface area contributed by atoms with E-state index < -0.39 is 0 Å². The molecule has 27 heavy (non-hydrogen) atoms. The van der Waals surface area contributed by atoms with E-state index in [4.69, 9.17) is 9.47 Å². The molecule has 0 bridgehead atoms. The predicted octanol–water partition coefficient (Wildman–Crippen LogP) is 3.43. The van der Waals surface area contributed by atoms with Crippen molar-refractivity contribution < 1.29 is 9.47 Å². The number of nitrogens with zero attached hydrogens (tertiary/aromatic N) is 4. The van der Waals surface area contributed by atoms with Crippen LogP contribution in [0.15, 0.2) is 42.9 Å². The number of aromatic nitrogens is 3. The van der Waals surface area contributed by atoms with Crippen molar-refractivity contribution in [3.63, 3.8) is 0 Å². The van der Waals surface area contributed by atoms with Crippen LogP contribution in [0, 0.1) is 6.92 Å². The van der Waals surface area contributed by atoms with Gasteiger partial charge >= 0.3 is 0 Å². The Morgan fingerprint density at radius 2 is 1.93 bits per heavy atom. The maximum atomic E-state index is 6.39. The molecule has 0 unspecified atom stereocenters. The van der Waals surface area contributed by atoms with Crippen LogP contribution >= 0.6 is 0 Å². The first-order chi connectivity index (χ1) is 13.3. The summed E-state index contributed by atoms with van der Waals surface area (Å²) in [5.74, 6) is 1.96. The van der Waals surface area contributed by atoms with Gasteiger partial charge in [-0.3, -0.25) is 4.98 Å². The van der Waals surface area contributed by atoms with Gasteiger partial charge in [0, 0.05) is 63.6 Å². The average Bonchev–Trinajstić information content (AvgIpc) is 3.12. The second-order valence-corrected chi connectivity index (χ2v) is 6.96. The minimum Gasteiger partial charge on any atom is -0.490 e. The number of hydrogen-bond acceptors (Lipinski definition) is 5. The Labute approximate surface area is 159 Å². The van der Waals surface area contributed by atoms with Crippen molar-refractivity contribution in [3.05, 3.63) is 48.5 Å². The first-order valence-corrected chi connectivity index (χ1v) is 9.52. The number of hydrogen-bond donors (Lipinski definition) is 0. The Morgan fingerprint density at radius 3 is 2.70 bits per heavy atom. The number of ether oxygens (including phenoxy) is 2. The van der Waals surface area contributed by atoms with Crippen molar-refractivity contribution in [1.29, 1.82) is 0 Å². The van der Waals surface area contributed by atoms with Gasteiger partial charge in [-0.25, -0.2) is 4.98 Å². The Hall–Kier alpha value is -2.60. The zero-order chi connectivity index (χ0) is 18.6. The molecule has 1 saturated heterocycles. The van der Waals surface area contributed by atoms with Crippen LogP contribution in [0.3, 0.4) is 0 Å². The summed E-state index contributed by atoms with van der Waals surface area (Å²) in [6, 6.07) is 8.41. The molecule has 0 N–H and O–H groups in total. The Balaban J connectivity index is 1.43. The topological polar surface area (TPSA) is 52.4 Å². The van der Waals surface area contributed by atoms with Gasteiger partial charge in [-0.2, -0.15) is 0 Å². The second-order valence-electron chi connectivity index (χ2n) is 6.96. The minimum atomic E-state index is 0.228. The van der Waals surface area contributed by atoms with Gasteiger partial charge in [0.05, 0.1) is 17.8 Å². The molecule has 0 atom stereocenters. The molecule has 1 fully saturated rings. The third kappa shape index (κ3) is 3.76. The van der Waals surface area contributed by atoms with Crippen LogP contribution < -0.4 is 9.64 Å². The maximum absolute atomic E-state index is 6.39. The van der Waals surface area contributed by atoms with Crippen LogP contribution in [0.25, 0.3) is 10.9 Å². The fraction of sp³-hybridized carbons (Fsp3) is 0.429. The molecule has 0 radical (unpaired) electrons. The molecular formula is C21H26N4O2. The Bertz CT molecular complexity index is 900. The molecule has 2 aromatic heterocycles. The van der Waals surface area contributed by atoms with Gasteiger partial charge in [0.25, 0.3) is 0 Å². The number of aryl methyl sites for hydroxylation is 1. The average molecular weight is 366 g/mol. The smallest absolute Gasteiger partial charge is 0.150 e.